The topological polar surface area (TPSA) is 0 Å². The van der Waals surface area contributed by atoms with Crippen molar-refractivity contribution in [1.82, 2.24) is 0 Å². The average molecular weight is 254 g/mol. The Morgan fingerprint density at radius 2 is 1.58 bits per heavy atom. The standard InChI is InChI=1S/C15H14.2C2H6/c1-11-6-9-15-13(10-11)8-7-12-4-2-3-5-14(12)15;2*1-2/h2-9,11H,10H2,1H3;2*1-2H3. The second kappa shape index (κ2) is 7.78. The fraction of sp³-hybridized carbons (Fsp3) is 0.368. The van der Waals surface area contributed by atoms with Crippen LogP contribution in [0.3, 0.4) is 0 Å². The molecule has 3 rings (SSSR count). The molecule has 1 atom stereocenters. The molecule has 0 spiro atoms. The maximum atomic E-state index is 2.31. The van der Waals surface area contributed by atoms with Crippen LogP contribution in [0.1, 0.15) is 45.7 Å². The second-order valence-corrected chi connectivity index (χ2v) is 4.40. The Bertz CT molecular complexity index is 535. The van der Waals surface area contributed by atoms with Crippen LogP contribution in [0.5, 0.6) is 0 Å². The van der Waals surface area contributed by atoms with E-state index in [1.54, 1.807) is 0 Å². The number of fused-ring (bicyclic) bond motifs is 3. The molecule has 0 nitrogen and oxygen atoms in total. The Balaban J connectivity index is 0.000000415. The van der Waals surface area contributed by atoms with E-state index in [-0.39, 0.29) is 0 Å². The zero-order valence-corrected chi connectivity index (χ0v) is 12.9. The van der Waals surface area contributed by atoms with Gasteiger partial charge in [0.25, 0.3) is 0 Å². The summed E-state index contributed by atoms with van der Waals surface area (Å²) in [6.45, 7) is 10.3. The Kier molecular flexibility index (Phi) is 6.35. The third-order valence-corrected chi connectivity index (χ3v) is 3.19. The van der Waals surface area contributed by atoms with Crippen LogP contribution in [-0.2, 0) is 6.42 Å². The lowest BCUT2D eigenvalue weighted by Gasteiger charge is -2.17. The zero-order chi connectivity index (χ0) is 14.3. The molecule has 0 saturated heterocycles. The lowest BCUT2D eigenvalue weighted by molar-refractivity contribution is 0.718. The van der Waals surface area contributed by atoms with E-state index < -0.39 is 0 Å². The quantitative estimate of drug-likeness (QED) is 0.533. The SMILES string of the molecule is CC.CC.CC1C=Cc2c(ccc3ccccc23)C1. The van der Waals surface area contributed by atoms with E-state index in [1.165, 1.54) is 28.3 Å². The van der Waals surface area contributed by atoms with Crippen molar-refractivity contribution in [2.24, 2.45) is 5.92 Å². The molecule has 2 aromatic carbocycles. The average Bonchev–Trinajstić information content (AvgIpc) is 2.51. The first kappa shape index (κ1) is 15.5. The summed E-state index contributed by atoms with van der Waals surface area (Å²) in [4.78, 5) is 0. The number of benzene rings is 2. The summed E-state index contributed by atoms with van der Waals surface area (Å²) >= 11 is 0. The van der Waals surface area contributed by atoms with Gasteiger partial charge in [0, 0.05) is 0 Å². The third-order valence-electron chi connectivity index (χ3n) is 3.19. The van der Waals surface area contributed by atoms with Gasteiger partial charge in [-0.25, -0.2) is 0 Å². The van der Waals surface area contributed by atoms with E-state index >= 15 is 0 Å². The van der Waals surface area contributed by atoms with E-state index in [1.807, 2.05) is 27.7 Å². The first-order valence-corrected chi connectivity index (χ1v) is 7.53. The van der Waals surface area contributed by atoms with Crippen molar-refractivity contribution in [3.05, 3.63) is 53.6 Å². The van der Waals surface area contributed by atoms with Gasteiger partial charge in [-0.05, 0) is 34.2 Å². The van der Waals surface area contributed by atoms with Gasteiger partial charge in [0.1, 0.15) is 0 Å². The first-order chi connectivity index (χ1) is 9.34. The molecule has 0 aromatic heterocycles. The molecule has 2 aromatic rings. The summed E-state index contributed by atoms with van der Waals surface area (Å²) in [5.74, 6) is 0.679. The van der Waals surface area contributed by atoms with E-state index in [0.29, 0.717) is 5.92 Å². The Morgan fingerprint density at radius 3 is 2.32 bits per heavy atom. The molecule has 1 aliphatic carbocycles. The smallest absolute Gasteiger partial charge is 0.0109 e. The van der Waals surface area contributed by atoms with Crippen molar-refractivity contribution >= 4 is 16.8 Å². The van der Waals surface area contributed by atoms with E-state index in [0.717, 1.165) is 0 Å². The highest BCUT2D eigenvalue weighted by molar-refractivity contribution is 5.92. The molecule has 0 saturated carbocycles. The first-order valence-electron chi connectivity index (χ1n) is 7.53. The summed E-state index contributed by atoms with van der Waals surface area (Å²) < 4.78 is 0. The molecule has 0 radical (unpaired) electrons. The van der Waals surface area contributed by atoms with Crippen LogP contribution in [0.4, 0.5) is 0 Å². The molecular weight excluding hydrogens is 228 g/mol. The number of allylic oxidation sites excluding steroid dienone is 1. The normalized spacial score (nSPS) is 15.7. The highest BCUT2D eigenvalue weighted by Crippen LogP contribution is 2.29. The van der Waals surface area contributed by atoms with Crippen LogP contribution >= 0.6 is 0 Å². The van der Waals surface area contributed by atoms with E-state index in [9.17, 15) is 0 Å². The molecular formula is C19H26. The Hall–Kier alpha value is -1.56. The largest absolute Gasteiger partial charge is 0.0807 e. The predicted octanol–water partition coefficient (Wildman–Crippen LogP) is 6.10. The summed E-state index contributed by atoms with van der Waals surface area (Å²) in [6.07, 6.45) is 5.78. The maximum Gasteiger partial charge on any atom is -0.0109 e. The summed E-state index contributed by atoms with van der Waals surface area (Å²) in [5.41, 5.74) is 2.91. The van der Waals surface area contributed by atoms with Crippen LogP contribution in [0.15, 0.2) is 42.5 Å². The van der Waals surface area contributed by atoms with Crippen LogP contribution in [0.2, 0.25) is 0 Å². The van der Waals surface area contributed by atoms with Gasteiger partial charge in [0.2, 0.25) is 0 Å². The zero-order valence-electron chi connectivity index (χ0n) is 12.9. The van der Waals surface area contributed by atoms with Gasteiger partial charge in [-0.2, -0.15) is 0 Å². The van der Waals surface area contributed by atoms with Crippen molar-refractivity contribution in [2.75, 3.05) is 0 Å². The molecule has 0 fully saturated rings. The molecule has 0 amide bonds. The van der Waals surface area contributed by atoms with Gasteiger partial charge >= 0.3 is 0 Å². The minimum absolute atomic E-state index is 0.679. The highest BCUT2D eigenvalue weighted by atomic mass is 14.2. The van der Waals surface area contributed by atoms with Gasteiger partial charge in [0.15, 0.2) is 0 Å². The van der Waals surface area contributed by atoms with Crippen molar-refractivity contribution < 1.29 is 0 Å². The monoisotopic (exact) mass is 254 g/mol. The van der Waals surface area contributed by atoms with Crippen molar-refractivity contribution in [3.63, 3.8) is 0 Å². The summed E-state index contributed by atoms with van der Waals surface area (Å²) in [5, 5.41) is 2.73. The summed E-state index contributed by atoms with van der Waals surface area (Å²) in [7, 11) is 0. The fourth-order valence-electron chi connectivity index (χ4n) is 2.39. The van der Waals surface area contributed by atoms with Crippen LogP contribution < -0.4 is 0 Å². The van der Waals surface area contributed by atoms with Crippen molar-refractivity contribution in [2.45, 2.75) is 41.0 Å². The van der Waals surface area contributed by atoms with Gasteiger partial charge in [-0.3, -0.25) is 0 Å². The van der Waals surface area contributed by atoms with Gasteiger partial charge in [0.05, 0.1) is 0 Å². The van der Waals surface area contributed by atoms with Crippen molar-refractivity contribution in [1.29, 1.82) is 0 Å². The molecule has 0 aliphatic heterocycles. The third kappa shape index (κ3) is 3.47. The minimum atomic E-state index is 0.679. The van der Waals surface area contributed by atoms with Crippen LogP contribution in [-0.4, -0.2) is 0 Å². The van der Waals surface area contributed by atoms with Crippen LogP contribution in [0, 0.1) is 5.92 Å². The van der Waals surface area contributed by atoms with Gasteiger partial charge < -0.3 is 0 Å². The minimum Gasteiger partial charge on any atom is -0.0807 e. The number of hydrogen-bond donors (Lipinski definition) is 0. The summed E-state index contributed by atoms with van der Waals surface area (Å²) in [6, 6.07) is 13.1. The lowest BCUT2D eigenvalue weighted by Crippen LogP contribution is -2.03. The van der Waals surface area contributed by atoms with Crippen molar-refractivity contribution in [3.8, 4) is 0 Å². The molecule has 102 valence electrons. The highest BCUT2D eigenvalue weighted by Gasteiger charge is 2.11. The number of rotatable bonds is 0. The molecule has 0 heterocycles. The fourth-order valence-corrected chi connectivity index (χ4v) is 2.39. The Labute approximate surface area is 118 Å². The molecule has 1 aliphatic rings. The molecule has 19 heavy (non-hydrogen) atoms. The Morgan fingerprint density at radius 1 is 0.895 bits per heavy atom. The van der Waals surface area contributed by atoms with E-state index in [4.69, 9.17) is 0 Å². The molecule has 1 unspecified atom stereocenters. The van der Waals surface area contributed by atoms with Gasteiger partial charge in [-0.1, -0.05) is 83.2 Å². The predicted molar refractivity (Wildman–Crippen MR) is 88.5 cm³/mol. The maximum absolute atomic E-state index is 2.31. The lowest BCUT2D eigenvalue weighted by atomic mass is 9.88. The molecule has 0 heteroatoms. The van der Waals surface area contributed by atoms with Crippen LogP contribution in [0.25, 0.3) is 16.8 Å². The van der Waals surface area contributed by atoms with Gasteiger partial charge in [-0.15, -0.1) is 0 Å². The number of hydrogen-bond acceptors (Lipinski definition) is 0. The molecule has 0 bridgehead atoms. The molecule has 0 N–H and O–H groups in total. The van der Waals surface area contributed by atoms with E-state index in [2.05, 4.69) is 55.5 Å². The second-order valence-electron chi connectivity index (χ2n) is 4.40.